The molecule has 0 aromatic carbocycles. The molecule has 96 valence electrons. The summed E-state index contributed by atoms with van der Waals surface area (Å²) in [4.78, 5) is 0. The summed E-state index contributed by atoms with van der Waals surface area (Å²) in [6.07, 6.45) is 1.46. The van der Waals surface area contributed by atoms with E-state index in [-0.39, 0.29) is 10.9 Å². The number of nitrogens with zero attached hydrogens (tertiary/aromatic N) is 2. The van der Waals surface area contributed by atoms with Crippen LogP contribution in [0, 0.1) is 0 Å². The molecule has 1 saturated heterocycles. The molecule has 0 bridgehead atoms. The van der Waals surface area contributed by atoms with E-state index in [2.05, 4.69) is 10.2 Å². The predicted octanol–water partition coefficient (Wildman–Crippen LogP) is 1.27. The fraction of sp³-hybridized carbons (Fsp3) is 0.667. The van der Waals surface area contributed by atoms with Gasteiger partial charge in [-0.1, -0.05) is 6.92 Å². The van der Waals surface area contributed by atoms with Gasteiger partial charge in [0.2, 0.25) is 0 Å². The molecule has 5 nitrogen and oxygen atoms in total. The number of alkyl halides is 1. The molecule has 1 N–H and O–H groups in total. The van der Waals surface area contributed by atoms with E-state index >= 15 is 0 Å². The summed E-state index contributed by atoms with van der Waals surface area (Å²) < 4.78 is 26.2. The molecule has 0 saturated carbocycles. The van der Waals surface area contributed by atoms with Gasteiger partial charge in [0.05, 0.1) is 12.1 Å². The minimum atomic E-state index is -3.48. The Morgan fingerprint density at radius 1 is 1.71 bits per heavy atom. The van der Waals surface area contributed by atoms with Crippen LogP contribution >= 0.6 is 23.4 Å². The Hall–Kier alpha value is -0.240. The van der Waals surface area contributed by atoms with Crippen molar-refractivity contribution >= 4 is 33.4 Å². The van der Waals surface area contributed by atoms with Crippen LogP contribution in [-0.4, -0.2) is 47.0 Å². The molecular formula is C9H14ClN3O2S2. The first-order valence-corrected chi connectivity index (χ1v) is 8.28. The van der Waals surface area contributed by atoms with E-state index in [4.69, 9.17) is 11.6 Å². The van der Waals surface area contributed by atoms with E-state index in [9.17, 15) is 8.42 Å². The first-order valence-electron chi connectivity index (χ1n) is 5.25. The molecule has 2 heterocycles. The van der Waals surface area contributed by atoms with Crippen LogP contribution in [0.5, 0.6) is 0 Å². The molecule has 1 unspecified atom stereocenters. The number of halogens is 1. The molecule has 1 atom stereocenters. The van der Waals surface area contributed by atoms with Crippen molar-refractivity contribution in [3.8, 4) is 0 Å². The summed E-state index contributed by atoms with van der Waals surface area (Å²) in [5.74, 6) is 0.966. The number of thioether (sulfide) groups is 1. The summed E-state index contributed by atoms with van der Waals surface area (Å²) in [6, 6.07) is 0. The van der Waals surface area contributed by atoms with Gasteiger partial charge in [0, 0.05) is 29.7 Å². The molecule has 2 rings (SSSR count). The van der Waals surface area contributed by atoms with E-state index < -0.39 is 10.0 Å². The van der Waals surface area contributed by atoms with E-state index in [0.717, 1.165) is 5.75 Å². The van der Waals surface area contributed by atoms with Crippen LogP contribution in [0.2, 0.25) is 0 Å². The molecule has 0 spiro atoms. The second kappa shape index (κ2) is 5.17. The highest BCUT2D eigenvalue weighted by Gasteiger charge is 2.31. The molecular weight excluding hydrogens is 282 g/mol. The lowest BCUT2D eigenvalue weighted by atomic mass is 10.4. The number of rotatable bonds is 3. The Labute approximate surface area is 110 Å². The number of aromatic nitrogens is 2. The van der Waals surface area contributed by atoms with E-state index in [1.807, 2.05) is 6.92 Å². The normalized spacial score (nSPS) is 22.8. The van der Waals surface area contributed by atoms with Gasteiger partial charge in [-0.15, -0.1) is 11.6 Å². The average molecular weight is 296 g/mol. The van der Waals surface area contributed by atoms with E-state index in [1.54, 1.807) is 11.8 Å². The third kappa shape index (κ3) is 2.62. The third-order valence-corrected chi connectivity index (χ3v) is 5.93. The maximum absolute atomic E-state index is 12.4. The SMILES string of the molecule is CC1CN(S(=O)(=O)c2[nH]ncc2CCl)CCS1. The molecule has 0 aliphatic carbocycles. The second-order valence-corrected chi connectivity index (χ2v) is 7.59. The van der Waals surface area contributed by atoms with E-state index in [0.29, 0.717) is 23.9 Å². The van der Waals surface area contributed by atoms with Gasteiger partial charge in [0.15, 0.2) is 5.03 Å². The quantitative estimate of drug-likeness (QED) is 0.853. The van der Waals surface area contributed by atoms with Crippen molar-refractivity contribution in [3.05, 3.63) is 11.8 Å². The topological polar surface area (TPSA) is 66.1 Å². The standard InChI is InChI=1S/C9H14ClN3O2S2/c1-7-6-13(2-3-16-7)17(14,15)9-8(4-10)5-11-12-9/h5,7H,2-4,6H2,1H3,(H,11,12). The lowest BCUT2D eigenvalue weighted by Gasteiger charge is -2.29. The van der Waals surface area contributed by atoms with Gasteiger partial charge in [0.1, 0.15) is 0 Å². The zero-order valence-corrected chi connectivity index (χ0v) is 11.8. The van der Waals surface area contributed by atoms with Crippen molar-refractivity contribution < 1.29 is 8.42 Å². The van der Waals surface area contributed by atoms with E-state index in [1.165, 1.54) is 10.5 Å². The van der Waals surface area contributed by atoms with Crippen LogP contribution in [0.25, 0.3) is 0 Å². The van der Waals surface area contributed by atoms with Crippen LogP contribution < -0.4 is 0 Å². The summed E-state index contributed by atoms with van der Waals surface area (Å²) >= 11 is 7.49. The second-order valence-electron chi connectivity index (χ2n) is 3.90. The average Bonchev–Trinajstić information content (AvgIpc) is 2.77. The number of sulfonamides is 1. The number of nitrogens with one attached hydrogen (secondary N) is 1. The predicted molar refractivity (Wildman–Crippen MR) is 68.8 cm³/mol. The molecule has 8 heteroatoms. The van der Waals surface area contributed by atoms with Gasteiger partial charge >= 0.3 is 0 Å². The van der Waals surface area contributed by atoms with Crippen LogP contribution in [0.1, 0.15) is 12.5 Å². The van der Waals surface area contributed by atoms with Gasteiger partial charge < -0.3 is 0 Å². The number of hydrogen-bond acceptors (Lipinski definition) is 4. The largest absolute Gasteiger partial charge is 0.266 e. The van der Waals surface area contributed by atoms with Crippen molar-refractivity contribution in [1.82, 2.24) is 14.5 Å². The van der Waals surface area contributed by atoms with Crippen molar-refractivity contribution in [2.24, 2.45) is 0 Å². The van der Waals surface area contributed by atoms with Gasteiger partial charge in [-0.3, -0.25) is 5.10 Å². The minimum absolute atomic E-state index is 0.131. The molecule has 1 aromatic heterocycles. The van der Waals surface area contributed by atoms with Crippen molar-refractivity contribution in [2.75, 3.05) is 18.8 Å². The minimum Gasteiger partial charge on any atom is -0.266 e. The van der Waals surface area contributed by atoms with Gasteiger partial charge in [0.25, 0.3) is 10.0 Å². The van der Waals surface area contributed by atoms with Crippen LogP contribution in [-0.2, 0) is 15.9 Å². The Kier molecular flexibility index (Phi) is 4.02. The zero-order chi connectivity index (χ0) is 12.5. The fourth-order valence-corrected chi connectivity index (χ4v) is 4.89. The first kappa shape index (κ1) is 13.2. The van der Waals surface area contributed by atoms with Gasteiger partial charge in [-0.25, -0.2) is 8.42 Å². The van der Waals surface area contributed by atoms with Crippen molar-refractivity contribution in [2.45, 2.75) is 23.1 Å². The van der Waals surface area contributed by atoms with Gasteiger partial charge in [-0.05, 0) is 0 Å². The Morgan fingerprint density at radius 3 is 3.12 bits per heavy atom. The smallest absolute Gasteiger partial charge is 0.260 e. The summed E-state index contributed by atoms with van der Waals surface area (Å²) in [5, 5.41) is 6.74. The van der Waals surface area contributed by atoms with Crippen LogP contribution in [0.4, 0.5) is 0 Å². The van der Waals surface area contributed by atoms with Crippen molar-refractivity contribution in [1.29, 1.82) is 0 Å². The lowest BCUT2D eigenvalue weighted by Crippen LogP contribution is -2.41. The number of aromatic amines is 1. The third-order valence-electron chi connectivity index (χ3n) is 2.62. The Bertz CT molecular complexity index is 488. The summed E-state index contributed by atoms with van der Waals surface area (Å²) in [6.45, 7) is 3.10. The molecule has 1 aromatic rings. The van der Waals surface area contributed by atoms with Gasteiger partial charge in [-0.2, -0.15) is 21.2 Å². The highest BCUT2D eigenvalue weighted by molar-refractivity contribution is 8.00. The number of H-pyrrole nitrogens is 1. The highest BCUT2D eigenvalue weighted by atomic mass is 35.5. The maximum atomic E-state index is 12.4. The monoisotopic (exact) mass is 295 g/mol. The summed E-state index contributed by atoms with van der Waals surface area (Å²) in [5.41, 5.74) is 0.526. The van der Waals surface area contributed by atoms with Crippen molar-refractivity contribution in [3.63, 3.8) is 0 Å². The maximum Gasteiger partial charge on any atom is 0.260 e. The Morgan fingerprint density at radius 2 is 2.47 bits per heavy atom. The molecule has 0 radical (unpaired) electrons. The Balaban J connectivity index is 2.30. The molecule has 1 aliphatic heterocycles. The molecule has 17 heavy (non-hydrogen) atoms. The molecule has 1 aliphatic rings. The zero-order valence-electron chi connectivity index (χ0n) is 9.39. The fourth-order valence-electron chi connectivity index (χ4n) is 1.75. The van der Waals surface area contributed by atoms with Crippen LogP contribution in [0.15, 0.2) is 11.2 Å². The summed E-state index contributed by atoms with van der Waals surface area (Å²) in [7, 11) is -3.48. The molecule has 0 amide bonds. The van der Waals surface area contributed by atoms with Crippen LogP contribution in [0.3, 0.4) is 0 Å². The first-order chi connectivity index (χ1) is 8.05. The lowest BCUT2D eigenvalue weighted by molar-refractivity contribution is 0.421. The number of hydrogen-bond donors (Lipinski definition) is 1. The molecule has 1 fully saturated rings. The highest BCUT2D eigenvalue weighted by Crippen LogP contribution is 2.25.